The summed E-state index contributed by atoms with van der Waals surface area (Å²) < 4.78 is 11.2. The van der Waals surface area contributed by atoms with Crippen LogP contribution in [0.4, 0.5) is 0 Å². The Bertz CT molecular complexity index is 836. The smallest absolute Gasteiger partial charge is 0.291 e. The average molecular weight is 412 g/mol. The van der Waals surface area contributed by atoms with Gasteiger partial charge in [0.15, 0.2) is 6.39 Å². The van der Waals surface area contributed by atoms with Crippen molar-refractivity contribution in [2.75, 3.05) is 32.8 Å². The average Bonchev–Trinajstić information content (AvgIpc) is 3.42. The fraction of sp³-hybridized carbons (Fsp3) is 0.583. The summed E-state index contributed by atoms with van der Waals surface area (Å²) in [6, 6.07) is 8.63. The van der Waals surface area contributed by atoms with Crippen LogP contribution in [0.1, 0.15) is 53.1 Å². The van der Waals surface area contributed by atoms with Gasteiger partial charge in [-0.2, -0.15) is 0 Å². The van der Waals surface area contributed by atoms with Crippen LogP contribution in [0.15, 0.2) is 35.1 Å². The monoisotopic (exact) mass is 411 g/mol. The SMILES string of the molecule is Cc1ccccc1CN1CCC(CN(C[C@H]2CCCO2)C(=O)c2ocnc2C)CC1. The summed E-state index contributed by atoms with van der Waals surface area (Å²) in [6.07, 6.45) is 5.81. The molecule has 2 fully saturated rings. The van der Waals surface area contributed by atoms with Gasteiger partial charge < -0.3 is 14.1 Å². The summed E-state index contributed by atoms with van der Waals surface area (Å²) in [4.78, 5) is 21.7. The van der Waals surface area contributed by atoms with Gasteiger partial charge in [-0.25, -0.2) is 4.98 Å². The number of likely N-dealkylation sites (tertiary alicyclic amines) is 1. The molecule has 4 rings (SSSR count). The van der Waals surface area contributed by atoms with E-state index >= 15 is 0 Å². The third kappa shape index (κ3) is 5.10. The molecule has 162 valence electrons. The third-order valence-electron chi connectivity index (χ3n) is 6.52. The van der Waals surface area contributed by atoms with E-state index in [1.165, 1.54) is 17.5 Å². The minimum Gasteiger partial charge on any atom is -0.438 e. The number of oxazole rings is 1. The first-order valence-corrected chi connectivity index (χ1v) is 11.2. The lowest BCUT2D eigenvalue weighted by molar-refractivity contribution is 0.0422. The number of nitrogens with zero attached hydrogens (tertiary/aromatic N) is 3. The number of aryl methyl sites for hydroxylation is 2. The zero-order valence-electron chi connectivity index (χ0n) is 18.2. The van der Waals surface area contributed by atoms with Crippen molar-refractivity contribution < 1.29 is 13.9 Å². The van der Waals surface area contributed by atoms with Gasteiger partial charge in [0.05, 0.1) is 11.8 Å². The van der Waals surface area contributed by atoms with E-state index in [0.717, 1.165) is 58.5 Å². The highest BCUT2D eigenvalue weighted by molar-refractivity contribution is 5.92. The van der Waals surface area contributed by atoms with Crippen LogP contribution in [-0.2, 0) is 11.3 Å². The molecule has 0 unspecified atom stereocenters. The second-order valence-corrected chi connectivity index (χ2v) is 8.76. The van der Waals surface area contributed by atoms with E-state index in [2.05, 4.69) is 41.1 Å². The molecule has 3 heterocycles. The Kier molecular flexibility index (Phi) is 6.85. The Morgan fingerprint density at radius 1 is 1.17 bits per heavy atom. The number of hydrogen-bond donors (Lipinski definition) is 0. The minimum atomic E-state index is -0.0529. The summed E-state index contributed by atoms with van der Waals surface area (Å²) in [7, 11) is 0. The second-order valence-electron chi connectivity index (χ2n) is 8.76. The summed E-state index contributed by atoms with van der Waals surface area (Å²) in [5.74, 6) is 0.819. The highest BCUT2D eigenvalue weighted by atomic mass is 16.5. The van der Waals surface area contributed by atoms with E-state index in [4.69, 9.17) is 9.15 Å². The van der Waals surface area contributed by atoms with Crippen molar-refractivity contribution in [1.82, 2.24) is 14.8 Å². The van der Waals surface area contributed by atoms with Crippen LogP contribution in [-0.4, -0.2) is 59.6 Å². The number of piperidine rings is 1. The van der Waals surface area contributed by atoms with Crippen molar-refractivity contribution in [2.45, 2.75) is 52.2 Å². The summed E-state index contributed by atoms with van der Waals surface area (Å²) in [5, 5.41) is 0. The molecule has 1 amide bonds. The number of carbonyl (C=O) groups is 1. The van der Waals surface area contributed by atoms with Gasteiger partial charge in [0, 0.05) is 26.2 Å². The van der Waals surface area contributed by atoms with Gasteiger partial charge in [0.1, 0.15) is 0 Å². The fourth-order valence-corrected chi connectivity index (χ4v) is 4.59. The summed E-state index contributed by atoms with van der Waals surface area (Å²) in [5.41, 5.74) is 3.42. The predicted molar refractivity (Wildman–Crippen MR) is 115 cm³/mol. The molecule has 1 aromatic heterocycles. The van der Waals surface area contributed by atoms with Crippen LogP contribution in [0.25, 0.3) is 0 Å². The molecule has 2 aliphatic rings. The number of carbonyl (C=O) groups excluding carboxylic acids is 1. The van der Waals surface area contributed by atoms with Gasteiger partial charge in [-0.1, -0.05) is 24.3 Å². The minimum absolute atomic E-state index is 0.0529. The van der Waals surface area contributed by atoms with E-state index in [-0.39, 0.29) is 12.0 Å². The number of amides is 1. The molecule has 0 N–H and O–H groups in total. The lowest BCUT2D eigenvalue weighted by Crippen LogP contribution is -2.43. The normalized spacial score (nSPS) is 20.5. The second kappa shape index (κ2) is 9.75. The fourth-order valence-electron chi connectivity index (χ4n) is 4.59. The van der Waals surface area contributed by atoms with E-state index in [1.807, 2.05) is 11.8 Å². The van der Waals surface area contributed by atoms with Crippen LogP contribution in [0, 0.1) is 19.8 Å². The Labute approximate surface area is 179 Å². The predicted octanol–water partition coefficient (Wildman–Crippen LogP) is 3.82. The molecule has 0 spiro atoms. The standard InChI is InChI=1S/C24H33N3O3/c1-18-6-3-4-7-21(18)15-26-11-9-20(10-12-26)14-27(16-22-8-5-13-29-22)24(28)23-19(2)25-17-30-23/h3-4,6-7,17,20,22H,5,8-16H2,1-2H3/t22-/m1/s1. The maximum atomic E-state index is 13.2. The molecule has 2 aromatic rings. The lowest BCUT2D eigenvalue weighted by atomic mass is 9.95. The Morgan fingerprint density at radius 2 is 1.97 bits per heavy atom. The first-order chi connectivity index (χ1) is 14.6. The molecule has 0 radical (unpaired) electrons. The summed E-state index contributed by atoms with van der Waals surface area (Å²) >= 11 is 0. The van der Waals surface area contributed by atoms with E-state index in [0.29, 0.717) is 23.9 Å². The highest BCUT2D eigenvalue weighted by Gasteiger charge is 2.30. The van der Waals surface area contributed by atoms with E-state index < -0.39 is 0 Å². The van der Waals surface area contributed by atoms with Crippen molar-refractivity contribution in [2.24, 2.45) is 5.92 Å². The first kappa shape index (κ1) is 21.1. The number of hydrogen-bond acceptors (Lipinski definition) is 5. The molecule has 6 nitrogen and oxygen atoms in total. The molecule has 2 aliphatic heterocycles. The Morgan fingerprint density at radius 3 is 2.63 bits per heavy atom. The number of ether oxygens (including phenoxy) is 1. The molecule has 1 aromatic carbocycles. The van der Waals surface area contributed by atoms with Crippen molar-refractivity contribution in [3.05, 3.63) is 53.2 Å². The number of aromatic nitrogens is 1. The van der Waals surface area contributed by atoms with Gasteiger partial charge >= 0.3 is 0 Å². The third-order valence-corrected chi connectivity index (χ3v) is 6.52. The molecule has 0 saturated carbocycles. The number of rotatable bonds is 7. The van der Waals surface area contributed by atoms with Gasteiger partial charge in [-0.05, 0) is 69.7 Å². The molecule has 2 saturated heterocycles. The molecular weight excluding hydrogens is 378 g/mol. The molecule has 0 bridgehead atoms. The van der Waals surface area contributed by atoms with Crippen molar-refractivity contribution >= 4 is 5.91 Å². The van der Waals surface area contributed by atoms with Gasteiger partial charge in [0.2, 0.25) is 5.76 Å². The lowest BCUT2D eigenvalue weighted by Gasteiger charge is -2.35. The summed E-state index contributed by atoms with van der Waals surface area (Å²) in [6.45, 7) is 9.36. The van der Waals surface area contributed by atoms with Crippen LogP contribution in [0.3, 0.4) is 0 Å². The van der Waals surface area contributed by atoms with Gasteiger partial charge in [0.25, 0.3) is 5.91 Å². The first-order valence-electron chi connectivity index (χ1n) is 11.2. The zero-order chi connectivity index (χ0) is 20.9. The van der Waals surface area contributed by atoms with Crippen LogP contribution >= 0.6 is 0 Å². The largest absolute Gasteiger partial charge is 0.438 e. The Hall–Kier alpha value is -2.18. The van der Waals surface area contributed by atoms with Crippen LogP contribution in [0.2, 0.25) is 0 Å². The van der Waals surface area contributed by atoms with E-state index in [1.54, 1.807) is 0 Å². The van der Waals surface area contributed by atoms with E-state index in [9.17, 15) is 4.79 Å². The highest BCUT2D eigenvalue weighted by Crippen LogP contribution is 2.24. The molecule has 0 aliphatic carbocycles. The van der Waals surface area contributed by atoms with Crippen molar-refractivity contribution in [3.63, 3.8) is 0 Å². The molecular formula is C24H33N3O3. The maximum Gasteiger partial charge on any atom is 0.291 e. The molecule has 6 heteroatoms. The molecule has 30 heavy (non-hydrogen) atoms. The van der Waals surface area contributed by atoms with Crippen molar-refractivity contribution in [3.8, 4) is 0 Å². The molecule has 1 atom stereocenters. The van der Waals surface area contributed by atoms with Crippen LogP contribution < -0.4 is 0 Å². The van der Waals surface area contributed by atoms with Crippen molar-refractivity contribution in [1.29, 1.82) is 0 Å². The maximum absolute atomic E-state index is 13.2. The zero-order valence-corrected chi connectivity index (χ0v) is 18.2. The Balaban J connectivity index is 1.35. The quantitative estimate of drug-likeness (QED) is 0.693. The van der Waals surface area contributed by atoms with Gasteiger partial charge in [-0.3, -0.25) is 9.69 Å². The van der Waals surface area contributed by atoms with Gasteiger partial charge in [-0.15, -0.1) is 0 Å². The topological polar surface area (TPSA) is 58.8 Å². The number of benzene rings is 1. The van der Waals surface area contributed by atoms with Crippen LogP contribution in [0.5, 0.6) is 0 Å².